The van der Waals surface area contributed by atoms with Crippen molar-refractivity contribution in [3.8, 4) is 5.75 Å². The van der Waals surface area contributed by atoms with Crippen LogP contribution in [0.25, 0.3) is 10.1 Å². The van der Waals surface area contributed by atoms with Crippen molar-refractivity contribution in [1.29, 1.82) is 0 Å². The summed E-state index contributed by atoms with van der Waals surface area (Å²) in [5, 5.41) is 15.9. The van der Waals surface area contributed by atoms with Crippen LogP contribution >= 0.6 is 11.3 Å². The second-order valence-electron chi connectivity index (χ2n) is 9.94. The lowest BCUT2D eigenvalue weighted by Crippen LogP contribution is -2.53. The average molecular weight is 514 g/mol. The lowest BCUT2D eigenvalue weighted by molar-refractivity contribution is -0.133. The van der Waals surface area contributed by atoms with Gasteiger partial charge in [0, 0.05) is 29.1 Å². The van der Waals surface area contributed by atoms with Gasteiger partial charge in [-0.3, -0.25) is 19.2 Å². The van der Waals surface area contributed by atoms with Gasteiger partial charge in [0.2, 0.25) is 11.8 Å². The minimum Gasteiger partial charge on any atom is -0.496 e. The molecule has 3 N–H and O–H groups in total. The molecule has 1 aliphatic carbocycles. The lowest BCUT2D eigenvalue weighted by atomic mass is 9.92. The van der Waals surface area contributed by atoms with E-state index in [0.29, 0.717) is 30.1 Å². The van der Waals surface area contributed by atoms with E-state index in [4.69, 9.17) is 4.74 Å². The number of amides is 3. The van der Waals surface area contributed by atoms with Crippen LogP contribution in [0.3, 0.4) is 0 Å². The number of rotatable bonds is 8. The number of hydrogen-bond donors (Lipinski definition) is 3. The molecule has 5 rings (SSSR count). The second-order valence-corrected chi connectivity index (χ2v) is 11.0. The summed E-state index contributed by atoms with van der Waals surface area (Å²) in [7, 11) is 1.59. The van der Waals surface area contributed by atoms with Crippen LogP contribution in [0.2, 0.25) is 0 Å². The van der Waals surface area contributed by atoms with Crippen LogP contribution in [0, 0.1) is 17.8 Å². The van der Waals surface area contributed by atoms with Crippen LogP contribution < -0.4 is 15.4 Å². The number of aliphatic hydroxyl groups excluding tert-OH is 1. The molecule has 1 aromatic heterocycles. The number of thiophene rings is 1. The highest BCUT2D eigenvalue weighted by atomic mass is 32.1. The van der Waals surface area contributed by atoms with Crippen LogP contribution in [0.1, 0.15) is 41.8 Å². The molecular weight excluding hydrogens is 482 g/mol. The van der Waals surface area contributed by atoms with E-state index < -0.39 is 24.5 Å². The first kappa shape index (κ1) is 24.7. The molecule has 0 unspecified atom stereocenters. The van der Waals surface area contributed by atoms with Gasteiger partial charge in [0.25, 0.3) is 5.91 Å². The Kier molecular flexibility index (Phi) is 6.98. The van der Waals surface area contributed by atoms with Gasteiger partial charge in [-0.2, -0.15) is 0 Å². The molecule has 2 saturated heterocycles. The number of fused-ring (bicyclic) bond motifs is 2. The van der Waals surface area contributed by atoms with E-state index in [2.05, 4.69) is 10.6 Å². The molecule has 0 radical (unpaired) electrons. The molecule has 1 saturated carbocycles. The van der Waals surface area contributed by atoms with E-state index in [1.807, 2.05) is 24.3 Å². The normalized spacial score (nSPS) is 26.1. The fraction of sp³-hybridized carbons (Fsp3) is 0.538. The van der Waals surface area contributed by atoms with E-state index >= 15 is 0 Å². The fourth-order valence-electron chi connectivity index (χ4n) is 6.10. The molecule has 2 aliphatic heterocycles. The number of likely N-dealkylation sites (tertiary alicyclic amines) is 1. The second kappa shape index (κ2) is 10.2. The molecule has 3 heterocycles. The number of ether oxygens (including phenoxy) is 1. The quantitative estimate of drug-likeness (QED) is 0.494. The molecule has 10 heteroatoms. The maximum atomic E-state index is 13.7. The molecule has 3 amide bonds. The highest BCUT2D eigenvalue weighted by molar-refractivity contribution is 7.20. The summed E-state index contributed by atoms with van der Waals surface area (Å²) in [4.78, 5) is 54.1. The number of methoxy groups -OCH3 is 1. The Balaban J connectivity index is 1.39. The third-order valence-electron chi connectivity index (χ3n) is 7.92. The maximum Gasteiger partial charge on any atom is 0.264 e. The first-order chi connectivity index (χ1) is 17.4. The number of ketones is 1. The SMILES string of the molecule is COc1cccc2sc(C(=O)N3C[C@@H]4CCC[C@@H]4[C@H]3C(=O)N[C@@H](C[C@@H]3CCNC3=O)C(=O)CO)cc12. The van der Waals surface area contributed by atoms with E-state index in [9.17, 15) is 24.3 Å². The molecule has 5 atom stereocenters. The zero-order chi connectivity index (χ0) is 25.4. The smallest absolute Gasteiger partial charge is 0.264 e. The Morgan fingerprint density at radius 1 is 1.28 bits per heavy atom. The van der Waals surface area contributed by atoms with Crippen LogP contribution in [0.5, 0.6) is 5.75 Å². The van der Waals surface area contributed by atoms with Crippen LogP contribution in [-0.4, -0.2) is 72.4 Å². The molecule has 0 spiro atoms. The molecule has 1 aromatic carbocycles. The monoisotopic (exact) mass is 513 g/mol. The van der Waals surface area contributed by atoms with Crippen molar-refractivity contribution in [2.75, 3.05) is 26.8 Å². The van der Waals surface area contributed by atoms with Crippen molar-refractivity contribution in [3.63, 3.8) is 0 Å². The Bertz CT molecular complexity index is 1200. The van der Waals surface area contributed by atoms with E-state index in [1.54, 1.807) is 12.0 Å². The summed E-state index contributed by atoms with van der Waals surface area (Å²) in [5.74, 6) is -0.697. The van der Waals surface area contributed by atoms with E-state index in [1.165, 1.54) is 11.3 Å². The number of carbonyl (C=O) groups excluding carboxylic acids is 4. The van der Waals surface area contributed by atoms with Gasteiger partial charge >= 0.3 is 0 Å². The summed E-state index contributed by atoms with van der Waals surface area (Å²) in [5.41, 5.74) is 0. The molecule has 3 fully saturated rings. The summed E-state index contributed by atoms with van der Waals surface area (Å²) >= 11 is 1.37. The number of nitrogens with zero attached hydrogens (tertiary/aromatic N) is 1. The first-order valence-corrected chi connectivity index (χ1v) is 13.3. The number of nitrogens with one attached hydrogen (secondary N) is 2. The Labute approximate surface area is 213 Å². The third kappa shape index (κ3) is 4.48. The highest BCUT2D eigenvalue weighted by Gasteiger charge is 2.50. The molecule has 9 nitrogen and oxygen atoms in total. The number of aliphatic hydroxyl groups is 1. The van der Waals surface area contributed by atoms with Crippen molar-refractivity contribution in [1.82, 2.24) is 15.5 Å². The van der Waals surface area contributed by atoms with E-state index in [0.717, 1.165) is 29.3 Å². The summed E-state index contributed by atoms with van der Waals surface area (Å²) in [6, 6.07) is 5.83. The largest absolute Gasteiger partial charge is 0.496 e. The maximum absolute atomic E-state index is 13.7. The summed E-state index contributed by atoms with van der Waals surface area (Å²) in [6.07, 6.45) is 3.53. The lowest BCUT2D eigenvalue weighted by Gasteiger charge is -2.29. The predicted molar refractivity (Wildman–Crippen MR) is 134 cm³/mol. The van der Waals surface area contributed by atoms with Crippen molar-refractivity contribution >= 4 is 44.9 Å². The van der Waals surface area contributed by atoms with Crippen molar-refractivity contribution in [2.24, 2.45) is 17.8 Å². The van der Waals surface area contributed by atoms with Crippen LogP contribution in [-0.2, 0) is 14.4 Å². The molecule has 3 aliphatic rings. The van der Waals surface area contributed by atoms with Gasteiger partial charge in [0.1, 0.15) is 18.4 Å². The molecular formula is C26H31N3O6S. The average Bonchev–Trinajstić information content (AvgIpc) is 3.66. The standard InChI is InChI=1S/C26H31N3O6S/c1-35-20-6-3-7-21-17(20)11-22(36-21)26(34)29-12-15-4-2-5-16(15)23(29)25(33)28-18(19(31)13-30)10-14-8-9-27-24(14)32/h3,6-7,11,14-16,18,23,30H,2,4-5,8-10,12-13H2,1H3,(H,27,32)(H,28,33)/t14-,15-,16-,18-,23-/m0/s1. The minimum atomic E-state index is -0.970. The summed E-state index contributed by atoms with van der Waals surface area (Å²) in [6.45, 7) is 0.310. The minimum absolute atomic E-state index is 0.0255. The molecule has 2 aromatic rings. The zero-order valence-corrected chi connectivity index (χ0v) is 21.0. The zero-order valence-electron chi connectivity index (χ0n) is 20.2. The number of benzene rings is 1. The predicted octanol–water partition coefficient (Wildman–Crippen LogP) is 1.72. The van der Waals surface area contributed by atoms with Crippen molar-refractivity contribution in [3.05, 3.63) is 29.1 Å². The molecule has 192 valence electrons. The third-order valence-corrected chi connectivity index (χ3v) is 9.00. The number of hydrogen-bond acceptors (Lipinski definition) is 7. The van der Waals surface area contributed by atoms with Gasteiger partial charge in [-0.1, -0.05) is 12.5 Å². The first-order valence-electron chi connectivity index (χ1n) is 12.5. The van der Waals surface area contributed by atoms with Gasteiger partial charge in [0.05, 0.1) is 18.0 Å². The summed E-state index contributed by atoms with van der Waals surface area (Å²) < 4.78 is 6.37. The van der Waals surface area contributed by atoms with E-state index in [-0.39, 0.29) is 41.9 Å². The fourth-order valence-corrected chi connectivity index (χ4v) is 7.14. The van der Waals surface area contributed by atoms with Crippen molar-refractivity contribution in [2.45, 2.75) is 44.2 Å². The van der Waals surface area contributed by atoms with Crippen molar-refractivity contribution < 1.29 is 29.0 Å². The topological polar surface area (TPSA) is 125 Å². The van der Waals surface area contributed by atoms with Gasteiger partial charge < -0.3 is 25.4 Å². The Morgan fingerprint density at radius 3 is 2.83 bits per heavy atom. The van der Waals surface area contributed by atoms with Gasteiger partial charge in [-0.25, -0.2) is 0 Å². The highest BCUT2D eigenvalue weighted by Crippen LogP contribution is 2.44. The van der Waals surface area contributed by atoms with Gasteiger partial charge in [0.15, 0.2) is 5.78 Å². The Hall–Kier alpha value is -2.98. The molecule has 36 heavy (non-hydrogen) atoms. The van der Waals surface area contributed by atoms with Crippen LogP contribution in [0.15, 0.2) is 24.3 Å². The van der Waals surface area contributed by atoms with Gasteiger partial charge in [-0.05, 0) is 55.7 Å². The van der Waals surface area contributed by atoms with Gasteiger partial charge in [-0.15, -0.1) is 11.3 Å². The molecule has 0 bridgehead atoms. The van der Waals surface area contributed by atoms with Crippen LogP contribution in [0.4, 0.5) is 0 Å². The number of carbonyl (C=O) groups is 4. The number of Topliss-reactive ketones (excluding diaryl/α,β-unsaturated/α-hetero) is 1. The Morgan fingerprint density at radius 2 is 2.11 bits per heavy atom.